The van der Waals surface area contributed by atoms with Gasteiger partial charge in [0.1, 0.15) is 5.52 Å². The first kappa shape index (κ1) is 97.6. The van der Waals surface area contributed by atoms with Gasteiger partial charge >= 0.3 is 35.6 Å². The van der Waals surface area contributed by atoms with Crippen LogP contribution in [0, 0.1) is 35.5 Å². The third-order valence-corrected chi connectivity index (χ3v) is 20.7. The molecule has 112 heavy (non-hydrogen) atoms. The fraction of sp³-hybridized carbons (Fsp3) is 0.758. The standard InChI is InChI=1S/C91H149N9O12/c1-6-10-14-17-26-35-47-73-109-83(102)57-40-29-20-23-32-43-60-96(61-44-33-24-21-30-41-58-84(103)110-74-48-36-27-18-15-11-7-2)64-51-65-97(62-45-34-25-22-31-42-59-85(104)111-75-49-37-28-19-16-12-8-3)63-46-38-39-56-82(101)92-87-86-88(95-90(94-87)112-72-13-9-4)100(91(106)93-86)69-53-68-99(67-52-66-98-70-76-108-77-71-98)79-80-54-50-55-81(78-80)89(105)107-5/h50,54-55,78H,6-34,38-46,51-53,56-77,79H2,1-5H3,(H,93,106)(H,92,94,95,101). The molecule has 0 bridgehead atoms. The number of H-pyrrole nitrogens is 1. The molecular weight excluding hydrogens is 1410 g/mol. The highest BCUT2D eigenvalue weighted by atomic mass is 16.5. The van der Waals surface area contributed by atoms with Gasteiger partial charge in [0.05, 0.1) is 32.5 Å². The lowest BCUT2D eigenvalue weighted by atomic mass is 10.1. The van der Waals surface area contributed by atoms with Gasteiger partial charge < -0.3 is 48.5 Å². The van der Waals surface area contributed by atoms with E-state index in [4.69, 9.17) is 33.4 Å². The van der Waals surface area contributed by atoms with Crippen LogP contribution in [0.25, 0.3) is 11.2 Å². The van der Waals surface area contributed by atoms with Gasteiger partial charge in [0.15, 0.2) is 31.3 Å². The molecule has 0 unspecified atom stereocenters. The van der Waals surface area contributed by atoms with Crippen molar-refractivity contribution in [3.63, 3.8) is 0 Å². The molecule has 3 aromatic rings. The maximum Gasteiger partial charge on any atom is 0.337 e. The summed E-state index contributed by atoms with van der Waals surface area (Å²) in [6.45, 7) is 22.5. The Bertz CT molecular complexity index is 3160. The van der Waals surface area contributed by atoms with Gasteiger partial charge in [-0.15, -0.1) is 0 Å². The molecule has 21 heteroatoms. The van der Waals surface area contributed by atoms with Crippen molar-refractivity contribution in [2.24, 2.45) is 0 Å². The van der Waals surface area contributed by atoms with Crippen molar-refractivity contribution in [1.82, 2.24) is 39.1 Å². The van der Waals surface area contributed by atoms with Crippen LogP contribution in [-0.4, -0.2) is 188 Å². The lowest BCUT2D eigenvalue weighted by molar-refractivity contribution is -0.143. The summed E-state index contributed by atoms with van der Waals surface area (Å²) in [4.78, 5) is 100. The van der Waals surface area contributed by atoms with E-state index < -0.39 is 0 Å². The molecule has 0 atom stereocenters. The number of aromatic amines is 1. The molecule has 0 aliphatic carbocycles. The number of nitrogens with zero attached hydrogens (tertiary/aromatic N) is 7. The second-order valence-corrected chi connectivity index (χ2v) is 30.5. The van der Waals surface area contributed by atoms with Crippen LogP contribution >= 0.6 is 0 Å². The van der Waals surface area contributed by atoms with Crippen LogP contribution in [0.3, 0.4) is 0 Å². The number of nitrogens with one attached hydrogen (secondary N) is 2. The molecule has 630 valence electrons. The quantitative estimate of drug-likeness (QED) is 0.0232. The Kier molecular flexibility index (Phi) is 58.8. The second kappa shape index (κ2) is 67.5. The monoisotopic (exact) mass is 1560 g/mol. The molecule has 1 aliphatic rings. The maximum atomic E-state index is 13.9. The summed E-state index contributed by atoms with van der Waals surface area (Å²) in [5.41, 5.74) is 1.91. The van der Waals surface area contributed by atoms with Crippen molar-refractivity contribution >= 4 is 46.8 Å². The van der Waals surface area contributed by atoms with E-state index in [2.05, 4.69) is 98.1 Å². The highest BCUT2D eigenvalue weighted by Crippen LogP contribution is 2.23. The van der Waals surface area contributed by atoms with Crippen molar-refractivity contribution in [1.29, 1.82) is 0 Å². The van der Waals surface area contributed by atoms with E-state index in [-0.39, 0.29) is 67.1 Å². The molecule has 1 aromatic carbocycles. The molecule has 0 saturated carbocycles. The van der Waals surface area contributed by atoms with Gasteiger partial charge in [-0.05, 0) is 166 Å². The number of hydrogen-bond donors (Lipinski definition) is 2. The number of imidazole rings is 1. The summed E-state index contributed by atoms with van der Waals surface area (Å²) in [6.07, 6.45) is 44.4. The Morgan fingerprint density at radius 1 is 0.482 bits per heavy atom. The van der Waals surface area contributed by atoms with E-state index >= 15 is 0 Å². The summed E-state index contributed by atoms with van der Waals surface area (Å²) >= 11 is 0. The van der Waals surface area contributed by atoms with Gasteiger partial charge in [-0.25, -0.2) is 9.59 Å². The number of hydrogen-bond acceptors (Lipinski definition) is 18. The Balaban J connectivity index is 1.36. The number of rotatable bonds is 68. The zero-order valence-corrected chi connectivity index (χ0v) is 70.6. The number of carbonyl (C=O) groups excluding carboxylic acids is 5. The van der Waals surface area contributed by atoms with Crippen LogP contribution in [0.1, 0.15) is 333 Å². The first-order valence-corrected chi connectivity index (χ1v) is 44.4. The number of carbonyl (C=O) groups is 5. The molecule has 4 rings (SSSR count). The average Bonchev–Trinajstić information content (AvgIpc) is 1.73. The number of ether oxygens (including phenoxy) is 6. The molecule has 2 N–H and O–H groups in total. The van der Waals surface area contributed by atoms with Gasteiger partial charge in [0.25, 0.3) is 0 Å². The number of aromatic nitrogens is 4. The van der Waals surface area contributed by atoms with Crippen LogP contribution in [0.15, 0.2) is 29.1 Å². The predicted molar refractivity (Wildman–Crippen MR) is 452 cm³/mol. The summed E-state index contributed by atoms with van der Waals surface area (Å²) in [7, 11) is 1.39. The number of esters is 4. The van der Waals surface area contributed by atoms with Crippen LogP contribution in [0.2, 0.25) is 0 Å². The Morgan fingerprint density at radius 3 is 1.39 bits per heavy atom. The Labute approximate surface area is 676 Å². The lowest BCUT2D eigenvalue weighted by Crippen LogP contribution is -2.38. The molecule has 0 radical (unpaired) electrons. The van der Waals surface area contributed by atoms with E-state index in [0.29, 0.717) is 81.5 Å². The van der Waals surface area contributed by atoms with E-state index in [1.807, 2.05) is 18.2 Å². The first-order valence-electron chi connectivity index (χ1n) is 44.4. The number of amides is 1. The van der Waals surface area contributed by atoms with E-state index in [0.717, 1.165) is 277 Å². The third kappa shape index (κ3) is 49.7. The normalized spacial score (nSPS) is 12.2. The lowest BCUT2D eigenvalue weighted by Gasteiger charge is -2.28. The Hall–Kier alpha value is -6.80. The van der Waals surface area contributed by atoms with Crippen molar-refractivity contribution in [3.05, 3.63) is 45.9 Å². The fourth-order valence-electron chi connectivity index (χ4n) is 13.9. The van der Waals surface area contributed by atoms with Gasteiger partial charge in [-0.2, -0.15) is 9.97 Å². The summed E-state index contributed by atoms with van der Waals surface area (Å²) in [6, 6.07) is 7.66. The maximum absolute atomic E-state index is 13.9. The minimum absolute atomic E-state index is 0.110. The highest BCUT2D eigenvalue weighted by molar-refractivity contribution is 5.97. The fourth-order valence-corrected chi connectivity index (χ4v) is 13.9. The molecule has 21 nitrogen and oxygen atoms in total. The molecule has 1 fully saturated rings. The molecule has 3 heterocycles. The summed E-state index contributed by atoms with van der Waals surface area (Å²) in [5.74, 6) is 17.6. The molecule has 2 aromatic heterocycles. The predicted octanol–water partition coefficient (Wildman–Crippen LogP) is 17.9. The summed E-state index contributed by atoms with van der Waals surface area (Å²) < 4.78 is 34.5. The average molecular weight is 1560 g/mol. The van der Waals surface area contributed by atoms with Crippen molar-refractivity contribution in [3.8, 4) is 41.5 Å². The SMILES string of the molecule is CCCCCCC#CCOC(=O)CCCCCCCCN(CCCCCCCCC(=O)OCC#CCCCCCC)CCCN(CCCCCCCCC(=O)OCC#CCCCCCC)CCCCCC(=O)Nc1nc(OCCCC)nc2c1[nH]c(=O)n2CCCN(CCCN1CCOCC1)Cc1cccc(C(=O)OC)c1. The van der Waals surface area contributed by atoms with Crippen LogP contribution < -0.4 is 15.7 Å². The minimum atomic E-state index is -0.376. The number of morpholine rings is 1. The van der Waals surface area contributed by atoms with E-state index in [9.17, 15) is 28.8 Å². The molecule has 1 amide bonds. The Morgan fingerprint density at radius 2 is 0.911 bits per heavy atom. The van der Waals surface area contributed by atoms with E-state index in [1.165, 1.54) is 64.9 Å². The molecule has 1 aliphatic heterocycles. The largest absolute Gasteiger partial charge is 0.465 e. The van der Waals surface area contributed by atoms with Gasteiger partial charge in [-0.3, -0.25) is 33.5 Å². The second-order valence-electron chi connectivity index (χ2n) is 30.5. The number of fused-ring (bicyclic) bond motifs is 1. The summed E-state index contributed by atoms with van der Waals surface area (Å²) in [5, 5.41) is 3.05. The molecule has 1 saturated heterocycles. The van der Waals surface area contributed by atoms with Gasteiger partial charge in [0, 0.05) is 77.7 Å². The molecular formula is C91H149N9O12. The number of benzene rings is 1. The van der Waals surface area contributed by atoms with Gasteiger partial charge in [0.2, 0.25) is 5.91 Å². The number of unbranched alkanes of at least 4 members (excludes halogenated alkanes) is 30. The zero-order valence-electron chi connectivity index (χ0n) is 70.6. The number of methoxy groups -OCH3 is 1. The third-order valence-electron chi connectivity index (χ3n) is 20.7. The van der Waals surface area contributed by atoms with Crippen LogP contribution in [0.4, 0.5) is 5.82 Å². The van der Waals surface area contributed by atoms with Crippen molar-refractivity contribution in [2.45, 2.75) is 330 Å². The van der Waals surface area contributed by atoms with Crippen molar-refractivity contribution in [2.75, 3.05) is 124 Å². The molecule has 0 spiro atoms. The minimum Gasteiger partial charge on any atom is -0.465 e. The van der Waals surface area contributed by atoms with Crippen LogP contribution in [-0.2, 0) is 56.0 Å². The van der Waals surface area contributed by atoms with Crippen LogP contribution in [0.5, 0.6) is 6.01 Å². The highest BCUT2D eigenvalue weighted by Gasteiger charge is 2.21. The zero-order chi connectivity index (χ0) is 80.2. The van der Waals surface area contributed by atoms with E-state index in [1.54, 1.807) is 10.6 Å². The first-order chi connectivity index (χ1) is 55.0. The van der Waals surface area contributed by atoms with Crippen molar-refractivity contribution < 1.29 is 52.4 Å². The topological polar surface area (TPSA) is 229 Å². The van der Waals surface area contributed by atoms with Gasteiger partial charge in [-0.1, -0.05) is 223 Å². The number of anilines is 1. The number of aryl methyl sites for hydroxylation is 1. The smallest absolute Gasteiger partial charge is 0.337 e.